The van der Waals surface area contributed by atoms with Crippen LogP contribution in [0.1, 0.15) is 10.4 Å². The number of hydrogen-bond donors (Lipinski definition) is 2. The van der Waals surface area contributed by atoms with Crippen LogP contribution in [0.4, 0.5) is 5.69 Å². The Morgan fingerprint density at radius 1 is 1.12 bits per heavy atom. The summed E-state index contributed by atoms with van der Waals surface area (Å²) in [5.74, 6) is 0.594. The molecule has 2 heterocycles. The molecule has 0 bridgehead atoms. The number of rotatable bonds is 2. The number of ether oxygens (including phenoxy) is 1. The number of piperazine rings is 1. The smallest absolute Gasteiger partial charge is 0.257 e. The number of benzene rings is 2. The second-order valence-corrected chi connectivity index (χ2v) is 6.31. The maximum atomic E-state index is 13.0. The quantitative estimate of drug-likeness (QED) is 0.846. The summed E-state index contributed by atoms with van der Waals surface area (Å²) in [6, 6.07) is 12.9. The van der Waals surface area contributed by atoms with Crippen molar-refractivity contribution in [1.82, 2.24) is 4.90 Å². The second kappa shape index (κ2) is 6.22. The highest BCUT2D eigenvalue weighted by molar-refractivity contribution is 6.10. The summed E-state index contributed by atoms with van der Waals surface area (Å²) in [4.78, 5) is 27.1. The van der Waals surface area contributed by atoms with Crippen molar-refractivity contribution in [2.45, 2.75) is 6.04 Å². The van der Waals surface area contributed by atoms with Crippen molar-refractivity contribution in [3.05, 3.63) is 48.0 Å². The van der Waals surface area contributed by atoms with Gasteiger partial charge < -0.3 is 20.3 Å². The minimum absolute atomic E-state index is 0.0817. The zero-order chi connectivity index (χ0) is 17.4. The maximum absolute atomic E-state index is 13.0. The van der Waals surface area contributed by atoms with E-state index < -0.39 is 6.04 Å². The summed E-state index contributed by atoms with van der Waals surface area (Å²) >= 11 is 0. The van der Waals surface area contributed by atoms with Gasteiger partial charge in [0.15, 0.2) is 6.04 Å². The number of amides is 2. The molecule has 1 fully saturated rings. The van der Waals surface area contributed by atoms with E-state index in [2.05, 4.69) is 10.6 Å². The molecule has 25 heavy (non-hydrogen) atoms. The van der Waals surface area contributed by atoms with Gasteiger partial charge in [0.2, 0.25) is 0 Å². The number of methoxy groups -OCH3 is 1. The van der Waals surface area contributed by atoms with E-state index in [1.807, 2.05) is 42.5 Å². The topological polar surface area (TPSA) is 75.2 Å². The van der Waals surface area contributed by atoms with Crippen molar-refractivity contribution in [2.75, 3.05) is 32.1 Å². The Balaban J connectivity index is 1.74. The Hall–Kier alpha value is -2.86. The summed E-state index contributed by atoms with van der Waals surface area (Å²) < 4.78 is 5.19. The Labute approximate surface area is 145 Å². The van der Waals surface area contributed by atoms with E-state index in [1.165, 1.54) is 0 Å². The molecular weight excluding hydrogens is 318 g/mol. The van der Waals surface area contributed by atoms with Crippen molar-refractivity contribution < 1.29 is 19.6 Å². The van der Waals surface area contributed by atoms with Crippen LogP contribution in [0.15, 0.2) is 42.5 Å². The predicted octanol–water partition coefficient (Wildman–Crippen LogP) is 0.702. The van der Waals surface area contributed by atoms with Crippen molar-refractivity contribution in [2.24, 2.45) is 0 Å². The average Bonchev–Trinajstić information content (AvgIpc) is 2.77. The third-order valence-electron chi connectivity index (χ3n) is 4.83. The minimum atomic E-state index is -0.405. The fourth-order valence-corrected chi connectivity index (χ4v) is 3.44. The molecule has 0 spiro atoms. The monoisotopic (exact) mass is 338 g/mol. The molecule has 6 nitrogen and oxygen atoms in total. The van der Waals surface area contributed by atoms with Crippen LogP contribution in [0.25, 0.3) is 11.1 Å². The van der Waals surface area contributed by atoms with Gasteiger partial charge in [0, 0.05) is 0 Å². The fourth-order valence-electron chi connectivity index (χ4n) is 3.44. The maximum Gasteiger partial charge on any atom is 0.257 e. The van der Waals surface area contributed by atoms with Crippen LogP contribution >= 0.6 is 0 Å². The van der Waals surface area contributed by atoms with Gasteiger partial charge in [-0.1, -0.05) is 18.2 Å². The van der Waals surface area contributed by atoms with E-state index in [0.717, 1.165) is 23.4 Å². The van der Waals surface area contributed by atoms with Gasteiger partial charge >= 0.3 is 0 Å². The fraction of sp³-hybridized carbons (Fsp3) is 0.263. The summed E-state index contributed by atoms with van der Waals surface area (Å²) in [7, 11) is 1.63. The molecule has 2 aromatic rings. The average molecular weight is 338 g/mol. The van der Waals surface area contributed by atoms with E-state index in [-0.39, 0.29) is 11.8 Å². The number of nitrogens with one attached hydrogen (secondary N) is 1. The third-order valence-corrected chi connectivity index (χ3v) is 4.83. The molecular formula is C19H20N3O3+. The van der Waals surface area contributed by atoms with Gasteiger partial charge in [0.25, 0.3) is 11.8 Å². The lowest BCUT2D eigenvalue weighted by atomic mass is 10.0. The first-order valence-corrected chi connectivity index (χ1v) is 8.39. The Morgan fingerprint density at radius 3 is 2.64 bits per heavy atom. The van der Waals surface area contributed by atoms with Crippen molar-refractivity contribution in [3.63, 3.8) is 0 Å². The Morgan fingerprint density at radius 2 is 1.88 bits per heavy atom. The molecule has 2 aliphatic rings. The molecule has 1 saturated heterocycles. The summed E-state index contributed by atoms with van der Waals surface area (Å²) in [6.07, 6.45) is 0. The molecule has 2 amide bonds. The molecule has 4 rings (SSSR count). The van der Waals surface area contributed by atoms with Crippen LogP contribution in [0.3, 0.4) is 0 Å². The van der Waals surface area contributed by atoms with Gasteiger partial charge in [0.1, 0.15) is 12.3 Å². The highest BCUT2D eigenvalue weighted by atomic mass is 16.5. The minimum Gasteiger partial charge on any atom is -0.497 e. The number of hydrogen-bond acceptors (Lipinski definition) is 3. The van der Waals surface area contributed by atoms with Gasteiger partial charge in [-0.3, -0.25) is 9.59 Å². The molecule has 0 aromatic heterocycles. The Kier molecular flexibility index (Phi) is 3.89. The summed E-state index contributed by atoms with van der Waals surface area (Å²) in [5.41, 5.74) is 3.06. The number of fused-ring (bicyclic) bond motifs is 2. The van der Waals surface area contributed by atoms with Gasteiger partial charge in [-0.2, -0.15) is 0 Å². The zero-order valence-electron chi connectivity index (χ0n) is 14.0. The molecule has 6 heteroatoms. The summed E-state index contributed by atoms with van der Waals surface area (Å²) in [5, 5.41) is 4.98. The SMILES string of the molecule is COc1ccc(-c2ccc3c(c2)C(=O)N2CC[NH2+]C[C@@H]2C(=O)N3)cc1. The van der Waals surface area contributed by atoms with Gasteiger partial charge in [-0.25, -0.2) is 0 Å². The lowest BCUT2D eigenvalue weighted by Crippen LogP contribution is -2.92. The van der Waals surface area contributed by atoms with Crippen molar-refractivity contribution in [1.29, 1.82) is 0 Å². The van der Waals surface area contributed by atoms with Crippen LogP contribution in [0.5, 0.6) is 5.75 Å². The van der Waals surface area contributed by atoms with Crippen molar-refractivity contribution >= 4 is 17.5 Å². The molecule has 1 atom stereocenters. The van der Waals surface area contributed by atoms with Gasteiger partial charge in [0.05, 0.1) is 31.5 Å². The van der Waals surface area contributed by atoms with Crippen LogP contribution in [-0.2, 0) is 4.79 Å². The molecule has 3 N–H and O–H groups in total. The molecule has 0 unspecified atom stereocenters. The standard InChI is InChI=1S/C19H19N3O3/c1-25-14-5-2-12(3-6-14)13-4-7-16-15(10-13)19(24)22-9-8-20-11-17(22)18(23)21-16/h2-7,10,17,20H,8-9,11H2,1H3,(H,21,23)/p+1/t17-/m1/s1. The molecule has 0 saturated carbocycles. The summed E-state index contributed by atoms with van der Waals surface area (Å²) in [6.45, 7) is 2.02. The Bertz CT molecular complexity index is 832. The highest BCUT2D eigenvalue weighted by Crippen LogP contribution is 2.30. The molecule has 2 aliphatic heterocycles. The molecule has 0 aliphatic carbocycles. The van der Waals surface area contributed by atoms with Crippen LogP contribution in [0, 0.1) is 0 Å². The van der Waals surface area contributed by atoms with E-state index in [0.29, 0.717) is 24.3 Å². The number of quaternary nitrogens is 1. The van der Waals surface area contributed by atoms with E-state index >= 15 is 0 Å². The first kappa shape index (κ1) is 15.7. The zero-order valence-corrected chi connectivity index (χ0v) is 14.0. The van der Waals surface area contributed by atoms with E-state index in [4.69, 9.17) is 4.74 Å². The normalized spacial score (nSPS) is 19.6. The van der Waals surface area contributed by atoms with Gasteiger partial charge in [-0.05, 0) is 35.4 Å². The third kappa shape index (κ3) is 2.74. The number of carbonyl (C=O) groups excluding carboxylic acids is 2. The lowest BCUT2D eigenvalue weighted by Gasteiger charge is -2.30. The van der Waals surface area contributed by atoms with E-state index in [9.17, 15) is 9.59 Å². The molecule has 128 valence electrons. The largest absolute Gasteiger partial charge is 0.497 e. The first-order valence-electron chi connectivity index (χ1n) is 8.39. The number of nitrogens with zero attached hydrogens (tertiary/aromatic N) is 1. The predicted molar refractivity (Wildman–Crippen MR) is 93.5 cm³/mol. The van der Waals surface area contributed by atoms with Crippen LogP contribution < -0.4 is 15.4 Å². The number of anilines is 1. The molecule has 2 aromatic carbocycles. The van der Waals surface area contributed by atoms with Crippen molar-refractivity contribution in [3.8, 4) is 16.9 Å². The molecule has 0 radical (unpaired) electrons. The van der Waals surface area contributed by atoms with Crippen LogP contribution in [-0.4, -0.2) is 49.5 Å². The second-order valence-electron chi connectivity index (χ2n) is 6.31. The number of nitrogens with two attached hydrogens (primary N) is 1. The first-order chi connectivity index (χ1) is 12.2. The number of carbonyl (C=O) groups is 2. The van der Waals surface area contributed by atoms with E-state index in [1.54, 1.807) is 12.0 Å². The van der Waals surface area contributed by atoms with Gasteiger partial charge in [-0.15, -0.1) is 0 Å². The lowest BCUT2D eigenvalue weighted by molar-refractivity contribution is -0.665. The van der Waals surface area contributed by atoms with Crippen LogP contribution in [0.2, 0.25) is 0 Å². The highest BCUT2D eigenvalue weighted by Gasteiger charge is 2.38.